The first kappa shape index (κ1) is 17.4. The Morgan fingerprint density at radius 1 is 1.28 bits per heavy atom. The van der Waals surface area contributed by atoms with Crippen molar-refractivity contribution in [3.05, 3.63) is 29.7 Å². The van der Waals surface area contributed by atoms with E-state index in [4.69, 9.17) is 5.73 Å². The first-order chi connectivity index (χ1) is 11.8. The zero-order valence-corrected chi connectivity index (χ0v) is 16.2. The molecule has 0 atom stereocenters. The van der Waals surface area contributed by atoms with Crippen LogP contribution in [-0.2, 0) is 10.2 Å². The van der Waals surface area contributed by atoms with Crippen molar-refractivity contribution in [2.45, 2.75) is 44.8 Å². The molecule has 3 rings (SSSR count). The van der Waals surface area contributed by atoms with Crippen molar-refractivity contribution in [2.24, 2.45) is 5.73 Å². The molecule has 1 aliphatic rings. The number of nitrogens with one attached hydrogen (secondary N) is 1. The van der Waals surface area contributed by atoms with Gasteiger partial charge in [0.2, 0.25) is 5.91 Å². The minimum atomic E-state index is -1.51. The number of pyridine rings is 2. The molecule has 5 nitrogen and oxygen atoms in total. The van der Waals surface area contributed by atoms with Crippen molar-refractivity contribution in [1.82, 2.24) is 9.97 Å². The number of aromatic nitrogens is 2. The van der Waals surface area contributed by atoms with E-state index < -0.39 is 13.5 Å². The predicted octanol–water partition coefficient (Wildman–Crippen LogP) is 2.81. The molecule has 1 amide bonds. The topological polar surface area (TPSA) is 80.9 Å². The van der Waals surface area contributed by atoms with Gasteiger partial charge in [-0.1, -0.05) is 25.6 Å². The van der Waals surface area contributed by atoms with E-state index in [2.05, 4.69) is 46.4 Å². The molecule has 3 N–H and O–H groups in total. The number of hydrogen-bond acceptors (Lipinski definition) is 4. The number of fused-ring (bicyclic) bond motifs is 1. The maximum Gasteiger partial charge on any atom is 0.229 e. The summed E-state index contributed by atoms with van der Waals surface area (Å²) in [5.41, 5.74) is 10.0. The predicted molar refractivity (Wildman–Crippen MR) is 104 cm³/mol. The van der Waals surface area contributed by atoms with E-state index in [-0.39, 0.29) is 5.91 Å². The van der Waals surface area contributed by atoms with Gasteiger partial charge in [-0.15, -0.1) is 5.54 Å². The van der Waals surface area contributed by atoms with Crippen LogP contribution in [0.5, 0.6) is 0 Å². The minimum Gasteiger partial charge on any atom is -0.370 e. The van der Waals surface area contributed by atoms with E-state index in [1.165, 1.54) is 0 Å². The molecule has 1 fully saturated rings. The molecule has 0 aliphatic heterocycles. The van der Waals surface area contributed by atoms with Gasteiger partial charge in [0, 0.05) is 29.7 Å². The molecule has 1 saturated carbocycles. The lowest BCUT2D eigenvalue weighted by molar-refractivity contribution is -0.120. The summed E-state index contributed by atoms with van der Waals surface area (Å²) in [4.78, 5) is 20.9. The van der Waals surface area contributed by atoms with Crippen LogP contribution >= 0.6 is 0 Å². The SMILES string of the molecule is CCNc1ncc(C#C[Si](C)(C)C)c2cc(C3(C(N)=O)CC3)ncc12. The standard InChI is InChI=1S/C19H24N4OSi/c1-5-21-17-15-12-22-16(19(7-8-19)18(20)24)10-14(15)13(11-23-17)6-9-25(2,3)4/h10-12H,5,7-8H2,1-4H3,(H2,20,24)(H,21,23). The fraction of sp³-hybridized carbons (Fsp3) is 0.421. The summed E-state index contributed by atoms with van der Waals surface area (Å²) in [7, 11) is -1.51. The van der Waals surface area contributed by atoms with Gasteiger partial charge in [-0.3, -0.25) is 9.78 Å². The molecule has 0 radical (unpaired) electrons. The van der Waals surface area contributed by atoms with Crippen LogP contribution in [0.25, 0.3) is 10.8 Å². The minimum absolute atomic E-state index is 0.296. The third-order valence-electron chi connectivity index (χ3n) is 4.40. The Hall–Kier alpha value is -2.39. The Kier molecular flexibility index (Phi) is 4.29. The molecule has 0 aromatic carbocycles. The molecule has 6 heteroatoms. The van der Waals surface area contributed by atoms with Crippen molar-refractivity contribution in [3.8, 4) is 11.5 Å². The Morgan fingerprint density at radius 3 is 2.56 bits per heavy atom. The zero-order chi connectivity index (χ0) is 18.2. The Morgan fingerprint density at radius 2 is 2.00 bits per heavy atom. The van der Waals surface area contributed by atoms with Crippen LogP contribution in [0.1, 0.15) is 31.0 Å². The van der Waals surface area contributed by atoms with Crippen molar-refractivity contribution in [2.75, 3.05) is 11.9 Å². The van der Waals surface area contributed by atoms with Crippen molar-refractivity contribution in [3.63, 3.8) is 0 Å². The van der Waals surface area contributed by atoms with E-state index >= 15 is 0 Å². The maximum atomic E-state index is 11.9. The fourth-order valence-electron chi connectivity index (χ4n) is 2.81. The summed E-state index contributed by atoms with van der Waals surface area (Å²) in [6.07, 6.45) is 5.13. The molecule has 25 heavy (non-hydrogen) atoms. The van der Waals surface area contributed by atoms with Gasteiger partial charge < -0.3 is 11.1 Å². The normalized spacial score (nSPS) is 15.4. The molecule has 130 valence electrons. The molecule has 0 unspecified atom stereocenters. The van der Waals surface area contributed by atoms with Gasteiger partial charge in [0.05, 0.1) is 16.7 Å². The third-order valence-corrected chi connectivity index (χ3v) is 5.28. The van der Waals surface area contributed by atoms with Gasteiger partial charge >= 0.3 is 0 Å². The molecule has 0 spiro atoms. The Balaban J connectivity index is 2.20. The number of primary amides is 1. The van der Waals surface area contributed by atoms with E-state index in [0.29, 0.717) is 0 Å². The Bertz CT molecular complexity index is 901. The van der Waals surface area contributed by atoms with Crippen molar-refractivity contribution >= 4 is 30.6 Å². The average Bonchev–Trinajstić information content (AvgIpc) is 3.35. The molecular formula is C19H24N4OSi. The van der Waals surface area contributed by atoms with Gasteiger partial charge in [-0.05, 0) is 25.8 Å². The smallest absolute Gasteiger partial charge is 0.229 e. The number of nitrogens with two attached hydrogens (primary N) is 1. The number of hydrogen-bond donors (Lipinski definition) is 2. The molecule has 2 aromatic rings. The zero-order valence-electron chi connectivity index (χ0n) is 15.2. The van der Waals surface area contributed by atoms with E-state index in [1.807, 2.05) is 13.0 Å². The summed E-state index contributed by atoms with van der Waals surface area (Å²) in [6.45, 7) is 9.43. The average molecular weight is 353 g/mol. The lowest BCUT2D eigenvalue weighted by atomic mass is 9.98. The van der Waals surface area contributed by atoms with Gasteiger partial charge in [0.15, 0.2) is 0 Å². The number of carbonyl (C=O) groups excluding carboxylic acids is 1. The number of rotatable bonds is 4. The van der Waals surface area contributed by atoms with Crippen LogP contribution in [-0.4, -0.2) is 30.5 Å². The molecular weight excluding hydrogens is 328 g/mol. The number of amides is 1. The fourth-order valence-corrected chi connectivity index (χ4v) is 3.32. The quantitative estimate of drug-likeness (QED) is 0.655. The van der Waals surface area contributed by atoms with E-state index in [1.54, 1.807) is 12.4 Å². The molecule has 2 aromatic heterocycles. The van der Waals surface area contributed by atoms with Crippen LogP contribution in [0.4, 0.5) is 5.82 Å². The molecule has 2 heterocycles. The highest BCUT2D eigenvalue weighted by molar-refractivity contribution is 6.83. The lowest BCUT2D eigenvalue weighted by Crippen LogP contribution is -2.29. The highest BCUT2D eigenvalue weighted by Gasteiger charge is 2.51. The highest BCUT2D eigenvalue weighted by Crippen LogP contribution is 2.47. The van der Waals surface area contributed by atoms with Crippen molar-refractivity contribution in [1.29, 1.82) is 0 Å². The van der Waals surface area contributed by atoms with E-state index in [9.17, 15) is 4.79 Å². The van der Waals surface area contributed by atoms with Gasteiger partial charge in [-0.25, -0.2) is 4.98 Å². The first-order valence-electron chi connectivity index (χ1n) is 8.63. The molecule has 1 aliphatic carbocycles. The second-order valence-electron chi connectivity index (χ2n) is 7.61. The van der Waals surface area contributed by atoms with Gasteiger partial charge in [0.25, 0.3) is 0 Å². The summed E-state index contributed by atoms with van der Waals surface area (Å²) >= 11 is 0. The van der Waals surface area contributed by atoms with Crippen LogP contribution in [0, 0.1) is 11.5 Å². The maximum absolute atomic E-state index is 11.9. The molecule has 0 bridgehead atoms. The summed E-state index contributed by atoms with van der Waals surface area (Å²) in [6, 6.07) is 1.98. The van der Waals surface area contributed by atoms with Crippen molar-refractivity contribution < 1.29 is 4.79 Å². The monoisotopic (exact) mass is 352 g/mol. The van der Waals surface area contributed by atoms with E-state index in [0.717, 1.165) is 47.2 Å². The summed E-state index contributed by atoms with van der Waals surface area (Å²) in [5.74, 6) is 3.80. The third kappa shape index (κ3) is 3.38. The van der Waals surface area contributed by atoms with Crippen LogP contribution in [0.3, 0.4) is 0 Å². The molecule has 0 saturated heterocycles. The second kappa shape index (κ2) is 6.16. The summed E-state index contributed by atoms with van der Waals surface area (Å²) in [5, 5.41) is 5.17. The van der Waals surface area contributed by atoms with Crippen LogP contribution in [0.2, 0.25) is 19.6 Å². The lowest BCUT2D eigenvalue weighted by Gasteiger charge is -2.14. The van der Waals surface area contributed by atoms with Crippen LogP contribution < -0.4 is 11.1 Å². The Labute approximate surface area is 149 Å². The first-order valence-corrected chi connectivity index (χ1v) is 12.1. The summed E-state index contributed by atoms with van der Waals surface area (Å²) < 4.78 is 0. The van der Waals surface area contributed by atoms with Gasteiger partial charge in [-0.2, -0.15) is 0 Å². The van der Waals surface area contributed by atoms with Gasteiger partial charge in [0.1, 0.15) is 13.9 Å². The number of nitrogens with zero attached hydrogens (tertiary/aromatic N) is 2. The highest BCUT2D eigenvalue weighted by atomic mass is 28.3. The second-order valence-corrected chi connectivity index (χ2v) is 12.4. The number of anilines is 1. The number of carbonyl (C=O) groups is 1. The largest absolute Gasteiger partial charge is 0.370 e. The van der Waals surface area contributed by atoms with Crippen LogP contribution in [0.15, 0.2) is 18.5 Å².